The van der Waals surface area contributed by atoms with E-state index in [1.807, 2.05) is 6.92 Å². The first-order valence-corrected chi connectivity index (χ1v) is 4.26. The topological polar surface area (TPSA) is 61.6 Å². The molecule has 1 aromatic heterocycles. The van der Waals surface area contributed by atoms with Gasteiger partial charge in [0.05, 0.1) is 11.8 Å². The van der Waals surface area contributed by atoms with Crippen LogP contribution in [0.2, 0.25) is 0 Å². The molecule has 4 heteroatoms. The van der Waals surface area contributed by atoms with E-state index in [4.69, 9.17) is 5.26 Å². The monoisotopic (exact) mass is 176 g/mol. The molecule has 4 nitrogen and oxygen atoms in total. The molecular weight excluding hydrogens is 164 g/mol. The molecule has 0 bridgehead atoms. The average molecular weight is 176 g/mol. The third-order valence-electron chi connectivity index (χ3n) is 1.84. The zero-order valence-corrected chi connectivity index (χ0v) is 7.78. The first-order valence-electron chi connectivity index (χ1n) is 4.26. The smallest absolute Gasteiger partial charge is 0.166 e. The molecule has 0 aromatic carbocycles. The van der Waals surface area contributed by atoms with Gasteiger partial charge in [-0.05, 0) is 19.4 Å². The first-order chi connectivity index (χ1) is 6.27. The number of aromatic nitrogens is 2. The van der Waals surface area contributed by atoms with Crippen molar-refractivity contribution < 1.29 is 0 Å². The van der Waals surface area contributed by atoms with Crippen molar-refractivity contribution in [2.24, 2.45) is 0 Å². The third kappa shape index (κ3) is 2.41. The zero-order valence-electron chi connectivity index (χ0n) is 7.78. The summed E-state index contributed by atoms with van der Waals surface area (Å²) >= 11 is 0. The maximum Gasteiger partial charge on any atom is 0.166 e. The van der Waals surface area contributed by atoms with E-state index in [1.54, 1.807) is 6.07 Å². The summed E-state index contributed by atoms with van der Waals surface area (Å²) in [7, 11) is 0. The van der Waals surface area contributed by atoms with Gasteiger partial charge in [0.2, 0.25) is 0 Å². The summed E-state index contributed by atoms with van der Waals surface area (Å²) in [5.41, 5.74) is 0.537. The Morgan fingerprint density at radius 2 is 2.46 bits per heavy atom. The summed E-state index contributed by atoms with van der Waals surface area (Å²) in [6, 6.07) is 4.02. The molecule has 0 radical (unpaired) electrons. The molecule has 1 rings (SSSR count). The zero-order chi connectivity index (χ0) is 9.68. The van der Waals surface area contributed by atoms with E-state index < -0.39 is 0 Å². The molecule has 0 amide bonds. The molecule has 0 saturated carbocycles. The highest BCUT2D eigenvalue weighted by atomic mass is 15.2. The van der Waals surface area contributed by atoms with E-state index in [0.29, 0.717) is 17.4 Å². The van der Waals surface area contributed by atoms with Crippen molar-refractivity contribution in [3.8, 4) is 6.07 Å². The lowest BCUT2D eigenvalue weighted by atomic mass is 10.2. The van der Waals surface area contributed by atoms with Crippen molar-refractivity contribution >= 4 is 5.82 Å². The van der Waals surface area contributed by atoms with E-state index in [0.717, 1.165) is 6.42 Å². The van der Waals surface area contributed by atoms with Gasteiger partial charge in [-0.15, -0.1) is 5.10 Å². The molecule has 0 aliphatic heterocycles. The standard InChI is InChI=1S/C9H12N4/c1-3-7(2)12-9-8(6-10)4-5-11-13-9/h4-5,7H,3H2,1-2H3,(H,12,13). The van der Waals surface area contributed by atoms with E-state index in [9.17, 15) is 0 Å². The minimum absolute atomic E-state index is 0.309. The molecule has 0 fully saturated rings. The van der Waals surface area contributed by atoms with Crippen LogP contribution in [0.25, 0.3) is 0 Å². The summed E-state index contributed by atoms with van der Waals surface area (Å²) < 4.78 is 0. The van der Waals surface area contributed by atoms with Crippen LogP contribution in [0, 0.1) is 11.3 Å². The van der Waals surface area contributed by atoms with E-state index in [-0.39, 0.29) is 0 Å². The lowest BCUT2D eigenvalue weighted by Gasteiger charge is -2.11. The minimum Gasteiger partial charge on any atom is -0.365 e. The van der Waals surface area contributed by atoms with Gasteiger partial charge in [0.1, 0.15) is 6.07 Å². The van der Waals surface area contributed by atoms with Gasteiger partial charge >= 0.3 is 0 Å². The van der Waals surface area contributed by atoms with Crippen LogP contribution in [0.1, 0.15) is 25.8 Å². The summed E-state index contributed by atoms with van der Waals surface area (Å²) in [4.78, 5) is 0. The second-order valence-corrected chi connectivity index (χ2v) is 2.86. The van der Waals surface area contributed by atoms with Gasteiger partial charge in [-0.3, -0.25) is 0 Å². The van der Waals surface area contributed by atoms with Crippen LogP contribution in [0.4, 0.5) is 5.82 Å². The molecule has 1 unspecified atom stereocenters. The van der Waals surface area contributed by atoms with Gasteiger partial charge in [-0.1, -0.05) is 6.92 Å². The van der Waals surface area contributed by atoms with Crippen LogP contribution < -0.4 is 5.32 Å². The number of rotatable bonds is 3. The van der Waals surface area contributed by atoms with Crippen LogP contribution in [-0.2, 0) is 0 Å². The minimum atomic E-state index is 0.309. The van der Waals surface area contributed by atoms with Crippen LogP contribution in [0.15, 0.2) is 12.3 Å². The quantitative estimate of drug-likeness (QED) is 0.759. The van der Waals surface area contributed by atoms with E-state index in [1.165, 1.54) is 6.20 Å². The third-order valence-corrected chi connectivity index (χ3v) is 1.84. The second kappa shape index (κ2) is 4.41. The lowest BCUT2D eigenvalue weighted by molar-refractivity contribution is 0.754. The Hall–Kier alpha value is -1.63. The van der Waals surface area contributed by atoms with Gasteiger partial charge in [0, 0.05) is 6.04 Å². The lowest BCUT2D eigenvalue weighted by Crippen LogP contribution is -2.15. The fraction of sp³-hybridized carbons (Fsp3) is 0.444. The highest BCUT2D eigenvalue weighted by Crippen LogP contribution is 2.10. The predicted octanol–water partition coefficient (Wildman–Crippen LogP) is 1.56. The Bertz CT molecular complexity index is 316. The molecule has 0 spiro atoms. The Labute approximate surface area is 77.6 Å². The molecule has 0 aliphatic carbocycles. The molecule has 68 valence electrons. The Balaban J connectivity index is 2.82. The largest absolute Gasteiger partial charge is 0.365 e. The normalized spacial score (nSPS) is 11.8. The van der Waals surface area contributed by atoms with Gasteiger partial charge in [-0.25, -0.2) is 0 Å². The Kier molecular flexibility index (Phi) is 3.21. The fourth-order valence-electron chi connectivity index (χ4n) is 0.864. The molecule has 13 heavy (non-hydrogen) atoms. The molecular formula is C9H12N4. The molecule has 1 atom stereocenters. The number of nitriles is 1. The Morgan fingerprint density at radius 3 is 3.08 bits per heavy atom. The fourth-order valence-corrected chi connectivity index (χ4v) is 0.864. The van der Waals surface area contributed by atoms with E-state index in [2.05, 4.69) is 28.5 Å². The number of nitrogens with zero attached hydrogens (tertiary/aromatic N) is 3. The van der Waals surface area contributed by atoms with Crippen molar-refractivity contribution in [2.75, 3.05) is 5.32 Å². The Morgan fingerprint density at radius 1 is 1.69 bits per heavy atom. The highest BCUT2D eigenvalue weighted by Gasteiger charge is 2.05. The van der Waals surface area contributed by atoms with Crippen LogP contribution >= 0.6 is 0 Å². The van der Waals surface area contributed by atoms with Crippen molar-refractivity contribution in [2.45, 2.75) is 26.3 Å². The van der Waals surface area contributed by atoms with Crippen molar-refractivity contribution in [1.29, 1.82) is 5.26 Å². The van der Waals surface area contributed by atoms with Crippen LogP contribution in [0.3, 0.4) is 0 Å². The summed E-state index contributed by atoms with van der Waals surface area (Å²) in [5, 5.41) is 19.4. The molecule has 1 N–H and O–H groups in total. The predicted molar refractivity (Wildman–Crippen MR) is 50.1 cm³/mol. The van der Waals surface area contributed by atoms with Crippen LogP contribution in [-0.4, -0.2) is 16.2 Å². The van der Waals surface area contributed by atoms with Crippen molar-refractivity contribution in [3.63, 3.8) is 0 Å². The average Bonchev–Trinajstić information content (AvgIpc) is 2.18. The van der Waals surface area contributed by atoms with E-state index >= 15 is 0 Å². The van der Waals surface area contributed by atoms with Gasteiger partial charge in [-0.2, -0.15) is 10.4 Å². The van der Waals surface area contributed by atoms with Crippen molar-refractivity contribution in [1.82, 2.24) is 10.2 Å². The first kappa shape index (κ1) is 9.46. The number of nitrogens with one attached hydrogen (secondary N) is 1. The van der Waals surface area contributed by atoms with Gasteiger partial charge < -0.3 is 5.32 Å². The van der Waals surface area contributed by atoms with Crippen LogP contribution in [0.5, 0.6) is 0 Å². The van der Waals surface area contributed by atoms with Crippen molar-refractivity contribution in [3.05, 3.63) is 17.8 Å². The maximum absolute atomic E-state index is 8.75. The highest BCUT2D eigenvalue weighted by molar-refractivity contribution is 5.50. The summed E-state index contributed by atoms with van der Waals surface area (Å²) in [5.74, 6) is 0.569. The summed E-state index contributed by atoms with van der Waals surface area (Å²) in [6.07, 6.45) is 2.50. The number of hydrogen-bond acceptors (Lipinski definition) is 4. The maximum atomic E-state index is 8.75. The van der Waals surface area contributed by atoms with Gasteiger partial charge in [0.25, 0.3) is 0 Å². The molecule has 0 aliphatic rings. The second-order valence-electron chi connectivity index (χ2n) is 2.86. The SMILES string of the molecule is CCC(C)Nc1nnccc1C#N. The van der Waals surface area contributed by atoms with Gasteiger partial charge in [0.15, 0.2) is 5.82 Å². The number of hydrogen-bond donors (Lipinski definition) is 1. The summed E-state index contributed by atoms with van der Waals surface area (Å²) in [6.45, 7) is 4.11. The molecule has 1 heterocycles. The molecule has 0 saturated heterocycles. The molecule has 1 aromatic rings. The number of anilines is 1.